The van der Waals surface area contributed by atoms with Gasteiger partial charge in [0.1, 0.15) is 0 Å². The summed E-state index contributed by atoms with van der Waals surface area (Å²) in [7, 11) is 0. The Balaban J connectivity index is 3.15. The van der Waals surface area contributed by atoms with Crippen molar-refractivity contribution in [1.29, 1.82) is 0 Å². The zero-order valence-electron chi connectivity index (χ0n) is 6.63. The zero-order chi connectivity index (χ0) is 11.1. The Morgan fingerprint density at radius 2 is 1.79 bits per heavy atom. The molecule has 1 aliphatic rings. The Kier molecular flexibility index (Phi) is 2.39. The predicted octanol–water partition coefficient (Wildman–Crippen LogP) is 2.65. The fourth-order valence-electron chi connectivity index (χ4n) is 0.971. The summed E-state index contributed by atoms with van der Waals surface area (Å²) in [5, 5.41) is 0. The van der Waals surface area contributed by atoms with E-state index >= 15 is 0 Å². The number of allylic oxidation sites excluding steroid dienone is 2. The van der Waals surface area contributed by atoms with Crippen LogP contribution in [-0.4, -0.2) is 12.0 Å². The number of rotatable bonds is 0. The lowest BCUT2D eigenvalue weighted by molar-refractivity contribution is -0.0927. The molecule has 0 fully saturated rings. The van der Waals surface area contributed by atoms with E-state index in [1.54, 1.807) is 0 Å². The summed E-state index contributed by atoms with van der Waals surface area (Å²) >= 11 is 0. The van der Waals surface area contributed by atoms with E-state index in [0.29, 0.717) is 0 Å². The molecule has 0 aromatic heterocycles. The minimum atomic E-state index is -5.04. The van der Waals surface area contributed by atoms with E-state index in [-0.39, 0.29) is 6.08 Å². The number of nitrogens with two attached hydrogens (primary N) is 1. The first-order valence-corrected chi connectivity index (χ1v) is 3.47. The standard InChI is InChI=1S/C7H5F6N/c8-4-3(7(11,12)13)1-2-6(10,14)5(4)9/h1H,2,14H2. The van der Waals surface area contributed by atoms with Gasteiger partial charge in [0.15, 0.2) is 11.7 Å². The molecule has 1 aliphatic carbocycles. The lowest BCUT2D eigenvalue weighted by Crippen LogP contribution is -2.38. The van der Waals surface area contributed by atoms with Crippen molar-refractivity contribution in [1.82, 2.24) is 0 Å². The van der Waals surface area contributed by atoms with Crippen molar-refractivity contribution in [3.05, 3.63) is 23.3 Å². The van der Waals surface area contributed by atoms with Gasteiger partial charge in [0.2, 0.25) is 5.79 Å². The lowest BCUT2D eigenvalue weighted by Gasteiger charge is -2.23. The number of hydrogen-bond donors (Lipinski definition) is 1. The summed E-state index contributed by atoms with van der Waals surface area (Å²) in [5.74, 6) is -7.68. The van der Waals surface area contributed by atoms with Gasteiger partial charge in [-0.05, 0) is 0 Å². The van der Waals surface area contributed by atoms with Crippen LogP contribution >= 0.6 is 0 Å². The van der Waals surface area contributed by atoms with Crippen LogP contribution in [0.1, 0.15) is 6.42 Å². The first-order chi connectivity index (χ1) is 6.16. The van der Waals surface area contributed by atoms with Crippen LogP contribution in [0.15, 0.2) is 23.3 Å². The molecule has 0 heterocycles. The molecule has 1 rings (SSSR count). The van der Waals surface area contributed by atoms with Gasteiger partial charge in [-0.15, -0.1) is 0 Å². The second-order valence-electron chi connectivity index (χ2n) is 2.81. The molecule has 0 saturated carbocycles. The third-order valence-electron chi connectivity index (χ3n) is 1.70. The van der Waals surface area contributed by atoms with Crippen molar-refractivity contribution in [2.24, 2.45) is 5.73 Å². The monoisotopic (exact) mass is 217 g/mol. The van der Waals surface area contributed by atoms with E-state index in [0.717, 1.165) is 0 Å². The molecule has 2 N–H and O–H groups in total. The Morgan fingerprint density at radius 1 is 1.29 bits per heavy atom. The van der Waals surface area contributed by atoms with Crippen molar-refractivity contribution < 1.29 is 26.3 Å². The average Bonchev–Trinajstić information content (AvgIpc) is 1.97. The lowest BCUT2D eigenvalue weighted by atomic mass is 9.99. The molecule has 1 nitrogen and oxygen atoms in total. The SMILES string of the molecule is NC1(F)CC=C(C(F)(F)F)C(F)=C1F. The van der Waals surface area contributed by atoms with E-state index in [1.807, 2.05) is 0 Å². The molecule has 14 heavy (non-hydrogen) atoms. The molecular weight excluding hydrogens is 212 g/mol. The fraction of sp³-hybridized carbons (Fsp3) is 0.429. The third kappa shape index (κ3) is 1.77. The molecule has 0 aliphatic heterocycles. The van der Waals surface area contributed by atoms with Gasteiger partial charge in [-0.3, -0.25) is 5.73 Å². The van der Waals surface area contributed by atoms with Gasteiger partial charge < -0.3 is 0 Å². The van der Waals surface area contributed by atoms with Crippen LogP contribution in [0.2, 0.25) is 0 Å². The van der Waals surface area contributed by atoms with Crippen LogP contribution in [0.25, 0.3) is 0 Å². The van der Waals surface area contributed by atoms with Crippen LogP contribution in [0, 0.1) is 0 Å². The highest BCUT2D eigenvalue weighted by Crippen LogP contribution is 2.41. The number of hydrogen-bond acceptors (Lipinski definition) is 1. The molecule has 1 atom stereocenters. The van der Waals surface area contributed by atoms with Gasteiger partial charge in [-0.25, -0.2) is 13.2 Å². The average molecular weight is 217 g/mol. The molecule has 0 aromatic rings. The highest BCUT2D eigenvalue weighted by Gasteiger charge is 2.45. The van der Waals surface area contributed by atoms with Crippen molar-refractivity contribution in [3.63, 3.8) is 0 Å². The van der Waals surface area contributed by atoms with Crippen LogP contribution in [0.4, 0.5) is 26.3 Å². The van der Waals surface area contributed by atoms with Crippen molar-refractivity contribution in [2.75, 3.05) is 0 Å². The first-order valence-electron chi connectivity index (χ1n) is 3.47. The smallest absolute Gasteiger partial charge is 0.293 e. The van der Waals surface area contributed by atoms with Gasteiger partial charge in [0, 0.05) is 6.42 Å². The molecule has 0 saturated heterocycles. The second kappa shape index (κ2) is 3.01. The van der Waals surface area contributed by atoms with E-state index in [9.17, 15) is 26.3 Å². The Morgan fingerprint density at radius 3 is 2.21 bits per heavy atom. The highest BCUT2D eigenvalue weighted by atomic mass is 19.4. The summed E-state index contributed by atoms with van der Waals surface area (Å²) < 4.78 is 73.8. The van der Waals surface area contributed by atoms with E-state index in [4.69, 9.17) is 0 Å². The molecule has 80 valence electrons. The fourth-order valence-corrected chi connectivity index (χ4v) is 0.971. The van der Waals surface area contributed by atoms with Gasteiger partial charge >= 0.3 is 6.18 Å². The summed E-state index contributed by atoms with van der Waals surface area (Å²) in [6.07, 6.45) is -5.89. The molecular formula is C7H5F6N. The maximum atomic E-state index is 12.8. The van der Waals surface area contributed by atoms with Gasteiger partial charge in [-0.1, -0.05) is 6.08 Å². The number of halogens is 6. The zero-order valence-corrected chi connectivity index (χ0v) is 6.63. The van der Waals surface area contributed by atoms with Crippen LogP contribution in [-0.2, 0) is 0 Å². The predicted molar refractivity (Wildman–Crippen MR) is 36.0 cm³/mol. The van der Waals surface area contributed by atoms with Crippen molar-refractivity contribution in [3.8, 4) is 0 Å². The molecule has 0 spiro atoms. The van der Waals surface area contributed by atoms with E-state index < -0.39 is 35.6 Å². The summed E-state index contributed by atoms with van der Waals surface area (Å²) in [5.41, 5.74) is 2.74. The van der Waals surface area contributed by atoms with Gasteiger partial charge in [0.25, 0.3) is 0 Å². The summed E-state index contributed by atoms with van der Waals surface area (Å²) in [4.78, 5) is 0. The van der Waals surface area contributed by atoms with Gasteiger partial charge in [0.05, 0.1) is 5.57 Å². The molecule has 0 amide bonds. The van der Waals surface area contributed by atoms with Crippen LogP contribution < -0.4 is 5.73 Å². The largest absolute Gasteiger partial charge is 0.419 e. The summed E-state index contributed by atoms with van der Waals surface area (Å²) in [6.45, 7) is 0. The van der Waals surface area contributed by atoms with E-state index in [2.05, 4.69) is 5.73 Å². The minimum Gasteiger partial charge on any atom is -0.293 e. The quantitative estimate of drug-likeness (QED) is 0.490. The molecule has 0 aromatic carbocycles. The second-order valence-corrected chi connectivity index (χ2v) is 2.81. The van der Waals surface area contributed by atoms with Crippen molar-refractivity contribution >= 4 is 0 Å². The van der Waals surface area contributed by atoms with Crippen LogP contribution in [0.5, 0.6) is 0 Å². The Bertz CT molecular complexity index is 311. The third-order valence-corrected chi connectivity index (χ3v) is 1.70. The van der Waals surface area contributed by atoms with Crippen LogP contribution in [0.3, 0.4) is 0 Å². The topological polar surface area (TPSA) is 26.0 Å². The maximum Gasteiger partial charge on any atom is 0.419 e. The molecule has 0 bridgehead atoms. The van der Waals surface area contributed by atoms with Gasteiger partial charge in [-0.2, -0.15) is 13.2 Å². The Labute approximate surface area is 74.9 Å². The normalized spacial score (nSPS) is 29.2. The summed E-state index contributed by atoms with van der Waals surface area (Å²) in [6, 6.07) is 0. The van der Waals surface area contributed by atoms with Crippen molar-refractivity contribution in [2.45, 2.75) is 18.4 Å². The van der Waals surface area contributed by atoms with E-state index in [1.165, 1.54) is 0 Å². The molecule has 7 heteroatoms. The molecule has 0 radical (unpaired) electrons. The molecule has 1 unspecified atom stereocenters. The highest BCUT2D eigenvalue weighted by molar-refractivity contribution is 5.38. The minimum absolute atomic E-state index is 0.193. The first kappa shape index (κ1) is 11.1. The Hall–Kier alpha value is -0.980. The maximum absolute atomic E-state index is 12.8. The number of alkyl halides is 4.